The average molecular weight is 492 g/mol. The molecule has 2 fully saturated rings. The quantitative estimate of drug-likeness (QED) is 0.468. The lowest BCUT2D eigenvalue weighted by atomic mass is 10.2. The van der Waals surface area contributed by atoms with Gasteiger partial charge in [-0.2, -0.15) is 5.26 Å². The summed E-state index contributed by atoms with van der Waals surface area (Å²) in [5.74, 6) is -1.15. The van der Waals surface area contributed by atoms with E-state index < -0.39 is 38.9 Å². The molecule has 33 heavy (non-hydrogen) atoms. The van der Waals surface area contributed by atoms with E-state index in [-0.39, 0.29) is 34.7 Å². The molecule has 2 atom stereocenters. The maximum absolute atomic E-state index is 13.3. The summed E-state index contributed by atoms with van der Waals surface area (Å²) in [7, 11) is -4.00. The maximum Gasteiger partial charge on any atom is 0.415 e. The molecule has 0 unspecified atom stereocenters. The van der Waals surface area contributed by atoms with Gasteiger partial charge in [-0.3, -0.25) is 9.69 Å². The monoisotopic (exact) mass is 491 g/mol. The van der Waals surface area contributed by atoms with E-state index in [1.165, 1.54) is 30.3 Å². The van der Waals surface area contributed by atoms with Gasteiger partial charge in [-0.15, -0.1) is 0 Å². The number of sulfone groups is 1. The first kappa shape index (κ1) is 23.0. The number of carbonyl (C=O) groups excluding carboxylic acids is 2. The van der Waals surface area contributed by atoms with Crippen LogP contribution in [0.1, 0.15) is 19.3 Å². The third kappa shape index (κ3) is 4.65. The van der Waals surface area contributed by atoms with Gasteiger partial charge in [0.2, 0.25) is 0 Å². The molecule has 0 radical (unpaired) electrons. The van der Waals surface area contributed by atoms with Crippen LogP contribution in [-0.2, 0) is 14.6 Å². The molecule has 8 nitrogen and oxygen atoms in total. The highest BCUT2D eigenvalue weighted by Crippen LogP contribution is 2.34. The third-order valence-electron chi connectivity index (χ3n) is 5.64. The Bertz CT molecular complexity index is 1230. The number of likely N-dealkylation sites (tertiary alicyclic amines) is 1. The summed E-state index contributed by atoms with van der Waals surface area (Å²) in [6.45, 7) is -0.325. The Balaban J connectivity index is 1.63. The minimum absolute atomic E-state index is 0.0318. The lowest BCUT2D eigenvalue weighted by Crippen LogP contribution is -2.47. The summed E-state index contributed by atoms with van der Waals surface area (Å²) >= 11 is 6.09. The first-order chi connectivity index (χ1) is 15.7. The number of benzene rings is 2. The lowest BCUT2D eigenvalue weighted by molar-refractivity contribution is -0.132. The van der Waals surface area contributed by atoms with Crippen LogP contribution >= 0.6 is 11.6 Å². The van der Waals surface area contributed by atoms with Gasteiger partial charge in [0.15, 0.2) is 16.0 Å². The van der Waals surface area contributed by atoms with Gasteiger partial charge in [0.05, 0.1) is 15.2 Å². The van der Waals surface area contributed by atoms with E-state index in [0.717, 1.165) is 21.9 Å². The molecule has 0 aromatic heterocycles. The Hall–Kier alpha value is -3.16. The molecule has 2 aliphatic rings. The molecule has 1 heterocycles. The smallest absolute Gasteiger partial charge is 0.410 e. The molecule has 0 bridgehead atoms. The van der Waals surface area contributed by atoms with Crippen molar-refractivity contribution in [3.05, 3.63) is 59.4 Å². The highest BCUT2D eigenvalue weighted by Gasteiger charge is 2.49. The van der Waals surface area contributed by atoms with Crippen LogP contribution in [-0.4, -0.2) is 54.1 Å². The van der Waals surface area contributed by atoms with E-state index in [9.17, 15) is 27.7 Å². The molecular formula is C22H19ClFN3O5S. The summed E-state index contributed by atoms with van der Waals surface area (Å²) in [6, 6.07) is 9.15. The number of hydrogen-bond acceptors (Lipinski definition) is 6. The molecule has 0 N–H and O–H groups in total. The van der Waals surface area contributed by atoms with Gasteiger partial charge in [0.1, 0.15) is 17.6 Å². The zero-order valence-electron chi connectivity index (χ0n) is 17.2. The Labute approximate surface area is 195 Å². The number of rotatable bonds is 5. The van der Waals surface area contributed by atoms with E-state index in [2.05, 4.69) is 0 Å². The lowest BCUT2D eigenvalue weighted by Gasteiger charge is -2.25. The van der Waals surface area contributed by atoms with Gasteiger partial charge in [0, 0.05) is 12.6 Å². The molecule has 0 spiro atoms. The summed E-state index contributed by atoms with van der Waals surface area (Å²) in [5.41, 5.74) is 0. The highest BCUT2D eigenvalue weighted by molar-refractivity contribution is 7.92. The fourth-order valence-corrected chi connectivity index (χ4v) is 6.00. The molecule has 4 rings (SSSR count). The van der Waals surface area contributed by atoms with Crippen LogP contribution < -0.4 is 4.74 Å². The van der Waals surface area contributed by atoms with E-state index in [4.69, 9.17) is 16.3 Å². The second-order valence-corrected chi connectivity index (χ2v) is 10.5. The summed E-state index contributed by atoms with van der Waals surface area (Å²) in [5, 5.41) is 8.34. The van der Waals surface area contributed by atoms with Gasteiger partial charge in [-0.05, 0) is 55.7 Å². The Morgan fingerprint density at radius 1 is 1.15 bits per heavy atom. The molecular weight excluding hydrogens is 473 g/mol. The standard InChI is InChI=1S/C22H19ClFN3O5S/c23-18-3-1-2-4-20(18)33(30,31)17-11-19(21(28)27(13-25)15-7-8-15)26(12-17)22(29)32-16-9-5-14(24)6-10-16/h1-6,9-10,15,17,19H,7-8,11-12H2/t17-,19+/m1/s1. The van der Waals surface area contributed by atoms with Crippen LogP contribution in [0.25, 0.3) is 0 Å². The van der Waals surface area contributed by atoms with Crippen molar-refractivity contribution in [2.75, 3.05) is 6.54 Å². The minimum Gasteiger partial charge on any atom is -0.410 e. The largest absolute Gasteiger partial charge is 0.415 e. The second-order valence-electron chi connectivity index (χ2n) is 7.86. The molecule has 1 saturated carbocycles. The van der Waals surface area contributed by atoms with Crippen molar-refractivity contribution >= 4 is 33.4 Å². The Kier molecular flexibility index (Phi) is 6.28. The number of nitrogens with zero attached hydrogens (tertiary/aromatic N) is 3. The number of ether oxygens (including phenoxy) is 1. The number of halogens is 2. The van der Waals surface area contributed by atoms with Crippen molar-refractivity contribution in [1.29, 1.82) is 5.26 Å². The minimum atomic E-state index is -4.00. The van der Waals surface area contributed by atoms with Gasteiger partial charge >= 0.3 is 6.09 Å². The van der Waals surface area contributed by atoms with Crippen molar-refractivity contribution in [2.24, 2.45) is 0 Å². The van der Waals surface area contributed by atoms with Crippen LogP contribution in [0.15, 0.2) is 53.4 Å². The van der Waals surface area contributed by atoms with E-state index >= 15 is 0 Å². The van der Waals surface area contributed by atoms with Gasteiger partial charge in [0.25, 0.3) is 5.91 Å². The van der Waals surface area contributed by atoms with Crippen LogP contribution in [0.3, 0.4) is 0 Å². The van der Waals surface area contributed by atoms with Gasteiger partial charge in [-0.1, -0.05) is 23.7 Å². The van der Waals surface area contributed by atoms with Crippen molar-refractivity contribution in [3.8, 4) is 11.9 Å². The average Bonchev–Trinajstić information content (AvgIpc) is 3.51. The molecule has 172 valence electrons. The van der Waals surface area contributed by atoms with E-state index in [1.807, 2.05) is 6.19 Å². The Morgan fingerprint density at radius 2 is 1.82 bits per heavy atom. The molecule has 1 aliphatic carbocycles. The first-order valence-electron chi connectivity index (χ1n) is 10.2. The summed E-state index contributed by atoms with van der Waals surface area (Å²) < 4.78 is 45.0. The normalized spacial score (nSPS) is 20.2. The fraction of sp³-hybridized carbons (Fsp3) is 0.318. The highest BCUT2D eigenvalue weighted by atomic mass is 35.5. The van der Waals surface area contributed by atoms with Crippen LogP contribution in [0.5, 0.6) is 5.75 Å². The topological polar surface area (TPSA) is 108 Å². The molecule has 1 aliphatic heterocycles. The number of carbonyl (C=O) groups is 2. The van der Waals surface area contributed by atoms with Crippen molar-refractivity contribution in [1.82, 2.24) is 9.80 Å². The molecule has 2 aromatic carbocycles. The van der Waals surface area contributed by atoms with Crippen molar-refractivity contribution < 1.29 is 27.1 Å². The predicted molar refractivity (Wildman–Crippen MR) is 115 cm³/mol. The fourth-order valence-electron chi connectivity index (χ4n) is 3.78. The van der Waals surface area contributed by atoms with Gasteiger partial charge in [-0.25, -0.2) is 22.5 Å². The van der Waals surface area contributed by atoms with Crippen molar-refractivity contribution in [2.45, 2.75) is 41.5 Å². The zero-order valence-corrected chi connectivity index (χ0v) is 18.8. The third-order valence-corrected chi connectivity index (χ3v) is 8.27. The summed E-state index contributed by atoms with van der Waals surface area (Å²) in [4.78, 5) is 28.0. The first-order valence-corrected chi connectivity index (χ1v) is 12.1. The summed E-state index contributed by atoms with van der Waals surface area (Å²) in [6.07, 6.45) is 1.98. The number of amides is 2. The zero-order chi connectivity index (χ0) is 23.8. The van der Waals surface area contributed by atoms with Crippen LogP contribution in [0, 0.1) is 17.3 Å². The second kappa shape index (κ2) is 9.00. The molecule has 11 heteroatoms. The van der Waals surface area contributed by atoms with Crippen molar-refractivity contribution in [3.63, 3.8) is 0 Å². The number of hydrogen-bond donors (Lipinski definition) is 0. The van der Waals surface area contributed by atoms with Gasteiger partial charge < -0.3 is 4.74 Å². The molecule has 1 saturated heterocycles. The molecule has 2 amide bonds. The number of nitriles is 1. The maximum atomic E-state index is 13.3. The van der Waals surface area contributed by atoms with E-state index in [0.29, 0.717) is 12.8 Å². The Morgan fingerprint density at radius 3 is 2.42 bits per heavy atom. The predicted octanol–water partition coefficient (Wildman–Crippen LogP) is 3.37. The van der Waals surface area contributed by atoms with E-state index in [1.54, 1.807) is 6.07 Å². The van der Waals surface area contributed by atoms with Crippen LogP contribution in [0.2, 0.25) is 5.02 Å². The van der Waals surface area contributed by atoms with Crippen LogP contribution in [0.4, 0.5) is 9.18 Å². The SMILES string of the molecule is N#CN(C(=O)[C@@H]1C[C@@H](S(=O)(=O)c2ccccc2Cl)CN1C(=O)Oc1ccc(F)cc1)C1CC1. The molecule has 2 aromatic rings.